The Hall–Kier alpha value is -1.11. The highest BCUT2D eigenvalue weighted by atomic mass is 19.4. The molecule has 0 saturated carbocycles. The zero-order chi connectivity index (χ0) is 14.7. The molecule has 0 spiro atoms. The number of nitrogens with one attached hydrogen (secondary N) is 1. The van der Waals surface area contributed by atoms with Crippen molar-refractivity contribution in [3.8, 4) is 0 Å². The molecule has 0 fully saturated rings. The van der Waals surface area contributed by atoms with E-state index in [0.29, 0.717) is 6.61 Å². The van der Waals surface area contributed by atoms with Crippen LogP contribution in [0.15, 0.2) is 24.3 Å². The van der Waals surface area contributed by atoms with E-state index in [1.54, 1.807) is 26.8 Å². The number of hydrogen-bond acceptors (Lipinski definition) is 3. The smallest absolute Gasteiger partial charge is 0.374 e. The lowest BCUT2D eigenvalue weighted by Gasteiger charge is -2.35. The van der Waals surface area contributed by atoms with E-state index >= 15 is 0 Å². The number of ether oxygens (including phenoxy) is 1. The van der Waals surface area contributed by atoms with Gasteiger partial charge >= 0.3 is 6.18 Å². The zero-order valence-electron chi connectivity index (χ0n) is 11.2. The standard InChI is InChI=1S/C13H19F3N2O/c1-4-19-12(2,3)11(18-17)9-7-5-6-8-10(9)13(14,15)16/h5-8,11,18H,4,17H2,1-3H3. The van der Waals surface area contributed by atoms with Gasteiger partial charge in [0.15, 0.2) is 0 Å². The third kappa shape index (κ3) is 3.68. The SMILES string of the molecule is CCOC(C)(C)C(NN)c1ccccc1C(F)(F)F. The summed E-state index contributed by atoms with van der Waals surface area (Å²) in [6.45, 7) is 5.58. The average Bonchev–Trinajstić information content (AvgIpc) is 2.28. The molecule has 0 aromatic heterocycles. The molecule has 1 unspecified atom stereocenters. The Morgan fingerprint density at radius 2 is 1.84 bits per heavy atom. The summed E-state index contributed by atoms with van der Waals surface area (Å²) >= 11 is 0. The first-order chi connectivity index (χ1) is 8.74. The maximum absolute atomic E-state index is 13.0. The van der Waals surface area contributed by atoms with Crippen LogP contribution in [0.4, 0.5) is 13.2 Å². The van der Waals surface area contributed by atoms with E-state index in [9.17, 15) is 13.2 Å². The quantitative estimate of drug-likeness (QED) is 0.642. The molecule has 0 radical (unpaired) electrons. The summed E-state index contributed by atoms with van der Waals surface area (Å²) in [7, 11) is 0. The van der Waals surface area contributed by atoms with Crippen LogP contribution < -0.4 is 11.3 Å². The normalized spacial score (nSPS) is 14.5. The molecular weight excluding hydrogens is 257 g/mol. The molecule has 0 aliphatic rings. The highest BCUT2D eigenvalue weighted by Gasteiger charge is 2.39. The van der Waals surface area contributed by atoms with Gasteiger partial charge in [-0.3, -0.25) is 11.3 Å². The minimum Gasteiger partial charge on any atom is -0.374 e. The van der Waals surface area contributed by atoms with E-state index < -0.39 is 23.4 Å². The van der Waals surface area contributed by atoms with Crippen molar-refractivity contribution in [2.24, 2.45) is 5.84 Å². The first-order valence-corrected chi connectivity index (χ1v) is 6.00. The molecule has 19 heavy (non-hydrogen) atoms. The van der Waals surface area contributed by atoms with E-state index in [1.807, 2.05) is 0 Å². The molecule has 1 rings (SSSR count). The van der Waals surface area contributed by atoms with Crippen molar-refractivity contribution >= 4 is 0 Å². The van der Waals surface area contributed by atoms with Crippen molar-refractivity contribution in [3.05, 3.63) is 35.4 Å². The van der Waals surface area contributed by atoms with E-state index in [-0.39, 0.29) is 5.56 Å². The molecule has 0 heterocycles. The lowest BCUT2D eigenvalue weighted by atomic mass is 9.89. The number of hydrazine groups is 1. The number of alkyl halides is 3. The Labute approximate surface area is 110 Å². The third-order valence-corrected chi connectivity index (χ3v) is 2.96. The van der Waals surface area contributed by atoms with Crippen molar-refractivity contribution in [1.29, 1.82) is 0 Å². The van der Waals surface area contributed by atoms with Crippen molar-refractivity contribution < 1.29 is 17.9 Å². The van der Waals surface area contributed by atoms with Crippen molar-refractivity contribution in [2.75, 3.05) is 6.61 Å². The summed E-state index contributed by atoms with van der Waals surface area (Å²) in [5.74, 6) is 5.44. The van der Waals surface area contributed by atoms with Crippen LogP contribution in [-0.4, -0.2) is 12.2 Å². The molecular formula is C13H19F3N2O. The van der Waals surface area contributed by atoms with Gasteiger partial charge in [0, 0.05) is 6.61 Å². The summed E-state index contributed by atoms with van der Waals surface area (Å²) in [5, 5.41) is 0. The zero-order valence-corrected chi connectivity index (χ0v) is 11.2. The predicted molar refractivity (Wildman–Crippen MR) is 67.2 cm³/mol. The average molecular weight is 276 g/mol. The summed E-state index contributed by atoms with van der Waals surface area (Å²) in [6.07, 6.45) is -4.42. The molecule has 1 aromatic rings. The maximum Gasteiger partial charge on any atom is 0.416 e. The van der Waals surface area contributed by atoms with Crippen LogP contribution in [0.3, 0.4) is 0 Å². The fourth-order valence-corrected chi connectivity index (χ4v) is 2.13. The van der Waals surface area contributed by atoms with Gasteiger partial charge in [-0.1, -0.05) is 18.2 Å². The Kier molecular flexibility index (Phi) is 4.95. The van der Waals surface area contributed by atoms with Gasteiger partial charge < -0.3 is 4.74 Å². The summed E-state index contributed by atoms with van der Waals surface area (Å²) in [4.78, 5) is 0. The number of benzene rings is 1. The number of hydrogen-bond donors (Lipinski definition) is 2. The summed E-state index contributed by atoms with van der Waals surface area (Å²) in [6, 6.07) is 4.60. The summed E-state index contributed by atoms with van der Waals surface area (Å²) in [5.41, 5.74) is 0.951. The molecule has 1 atom stereocenters. The first kappa shape index (κ1) is 15.9. The molecule has 108 valence electrons. The van der Waals surface area contributed by atoms with Crippen LogP contribution in [0, 0.1) is 0 Å². The van der Waals surface area contributed by atoms with Crippen LogP contribution in [-0.2, 0) is 10.9 Å². The second-order valence-electron chi connectivity index (χ2n) is 4.72. The second-order valence-corrected chi connectivity index (χ2v) is 4.72. The van der Waals surface area contributed by atoms with E-state index in [0.717, 1.165) is 6.07 Å². The molecule has 3 N–H and O–H groups in total. The number of halogens is 3. The van der Waals surface area contributed by atoms with Gasteiger partial charge in [-0.2, -0.15) is 13.2 Å². The van der Waals surface area contributed by atoms with Crippen LogP contribution in [0.25, 0.3) is 0 Å². The molecule has 0 amide bonds. The first-order valence-electron chi connectivity index (χ1n) is 6.00. The minimum absolute atomic E-state index is 0.0796. The molecule has 6 heteroatoms. The monoisotopic (exact) mass is 276 g/mol. The second kappa shape index (κ2) is 5.90. The Morgan fingerprint density at radius 3 is 2.32 bits per heavy atom. The van der Waals surface area contributed by atoms with Crippen molar-refractivity contribution in [1.82, 2.24) is 5.43 Å². The van der Waals surface area contributed by atoms with Gasteiger partial charge in [0.1, 0.15) is 0 Å². The molecule has 0 aliphatic heterocycles. The van der Waals surface area contributed by atoms with Gasteiger partial charge in [0.25, 0.3) is 0 Å². The van der Waals surface area contributed by atoms with Gasteiger partial charge in [0.05, 0.1) is 17.2 Å². The lowest BCUT2D eigenvalue weighted by Crippen LogP contribution is -2.45. The maximum atomic E-state index is 13.0. The highest BCUT2D eigenvalue weighted by Crippen LogP contribution is 2.38. The molecule has 3 nitrogen and oxygen atoms in total. The minimum atomic E-state index is -4.42. The van der Waals surface area contributed by atoms with Crippen molar-refractivity contribution in [2.45, 2.75) is 38.6 Å². The largest absolute Gasteiger partial charge is 0.416 e. The molecule has 0 saturated heterocycles. The van der Waals surface area contributed by atoms with E-state index in [1.165, 1.54) is 12.1 Å². The predicted octanol–water partition coefficient (Wildman–Crippen LogP) is 3.02. The highest BCUT2D eigenvalue weighted by molar-refractivity contribution is 5.34. The Bertz CT molecular complexity index is 419. The summed E-state index contributed by atoms with van der Waals surface area (Å²) < 4.78 is 44.5. The Morgan fingerprint density at radius 1 is 1.26 bits per heavy atom. The van der Waals surface area contributed by atoms with E-state index in [4.69, 9.17) is 10.6 Å². The van der Waals surface area contributed by atoms with Crippen LogP contribution >= 0.6 is 0 Å². The fourth-order valence-electron chi connectivity index (χ4n) is 2.13. The van der Waals surface area contributed by atoms with Crippen LogP contribution in [0.2, 0.25) is 0 Å². The fraction of sp³-hybridized carbons (Fsp3) is 0.538. The van der Waals surface area contributed by atoms with Crippen molar-refractivity contribution in [3.63, 3.8) is 0 Å². The molecule has 0 aliphatic carbocycles. The van der Waals surface area contributed by atoms with Gasteiger partial charge in [-0.25, -0.2) is 0 Å². The molecule has 0 bridgehead atoms. The van der Waals surface area contributed by atoms with Crippen LogP contribution in [0.1, 0.15) is 37.9 Å². The number of rotatable bonds is 5. The third-order valence-electron chi connectivity index (χ3n) is 2.96. The van der Waals surface area contributed by atoms with Crippen LogP contribution in [0.5, 0.6) is 0 Å². The van der Waals surface area contributed by atoms with Gasteiger partial charge in [-0.05, 0) is 32.4 Å². The van der Waals surface area contributed by atoms with Gasteiger partial charge in [-0.15, -0.1) is 0 Å². The molecule has 1 aromatic carbocycles. The lowest BCUT2D eigenvalue weighted by molar-refractivity contribution is -0.139. The topological polar surface area (TPSA) is 47.3 Å². The number of nitrogens with two attached hydrogens (primary N) is 1. The Balaban J connectivity index is 3.27. The van der Waals surface area contributed by atoms with E-state index in [2.05, 4.69) is 5.43 Å². The van der Waals surface area contributed by atoms with Gasteiger partial charge in [0.2, 0.25) is 0 Å².